The summed E-state index contributed by atoms with van der Waals surface area (Å²) < 4.78 is 37.2. The number of anilines is 1. The van der Waals surface area contributed by atoms with E-state index in [1.165, 1.54) is 0 Å². The minimum absolute atomic E-state index is 0.0382. The molecule has 1 aromatic rings. The Balaban J connectivity index is 1.72. The number of halogens is 3. The summed E-state index contributed by atoms with van der Waals surface area (Å²) >= 11 is 0. The highest BCUT2D eigenvalue weighted by Gasteiger charge is 2.31. The molecule has 3 N–H and O–H groups in total. The van der Waals surface area contributed by atoms with Crippen molar-refractivity contribution in [3.05, 3.63) is 36.6 Å². The number of allylic oxidation sites excluding steroid dienone is 1. The Morgan fingerprint density at radius 1 is 1.39 bits per heavy atom. The van der Waals surface area contributed by atoms with Crippen LogP contribution in [0.4, 0.5) is 19.0 Å². The van der Waals surface area contributed by atoms with E-state index in [1.807, 2.05) is 17.6 Å². The van der Waals surface area contributed by atoms with Gasteiger partial charge in [-0.15, -0.1) is 0 Å². The number of aromatic nitrogens is 2. The standard InChI is InChI=1S/C18H21F3N6O/c1-10(2)14(17(28)25-9-18(19,20)21)26-13-5-7-23-16(27-13)12-8-24-15-11(12)4-3-6-22-15/h3,5-8,10-11,14H,4,9H2,1-2H3,(H,22,24)(H,25,28)(H,23,26,27)/t11?,14-/m1/s1. The van der Waals surface area contributed by atoms with Crippen LogP contribution in [0.1, 0.15) is 26.1 Å². The van der Waals surface area contributed by atoms with Gasteiger partial charge < -0.3 is 16.0 Å². The van der Waals surface area contributed by atoms with Crippen molar-refractivity contribution in [3.8, 4) is 0 Å². The summed E-state index contributed by atoms with van der Waals surface area (Å²) in [4.78, 5) is 25.3. The van der Waals surface area contributed by atoms with Gasteiger partial charge in [-0.2, -0.15) is 13.2 Å². The van der Waals surface area contributed by atoms with Gasteiger partial charge in [0.2, 0.25) is 5.91 Å². The maximum absolute atomic E-state index is 12.4. The van der Waals surface area contributed by atoms with Gasteiger partial charge in [-0.05, 0) is 24.6 Å². The van der Waals surface area contributed by atoms with Gasteiger partial charge in [0.1, 0.15) is 24.2 Å². The topological polar surface area (TPSA) is 91.3 Å². The molecule has 10 heteroatoms. The first kappa shape index (κ1) is 19.8. The van der Waals surface area contributed by atoms with Gasteiger partial charge in [0.05, 0.1) is 5.92 Å². The normalized spacial score (nSPS) is 19.4. The predicted octanol–water partition coefficient (Wildman–Crippen LogP) is 2.47. The first-order valence-electron chi connectivity index (χ1n) is 8.88. The number of nitrogens with one attached hydrogen (secondary N) is 3. The summed E-state index contributed by atoms with van der Waals surface area (Å²) in [6, 6.07) is 0.709. The second kappa shape index (κ2) is 7.99. The SMILES string of the molecule is CC(C)[C@@H](Nc1ccnc(C2=CN=C3NC=CCC23)n1)C(=O)NCC(F)(F)F. The number of amides is 1. The molecule has 2 atom stereocenters. The van der Waals surface area contributed by atoms with Crippen LogP contribution in [0.25, 0.3) is 5.57 Å². The van der Waals surface area contributed by atoms with E-state index in [9.17, 15) is 18.0 Å². The van der Waals surface area contributed by atoms with E-state index in [-0.39, 0.29) is 11.8 Å². The van der Waals surface area contributed by atoms with Gasteiger partial charge in [0, 0.05) is 18.0 Å². The van der Waals surface area contributed by atoms with E-state index in [1.54, 1.807) is 32.3 Å². The number of carbonyl (C=O) groups excluding carboxylic acids is 1. The van der Waals surface area contributed by atoms with Crippen LogP contribution in [0.15, 0.2) is 35.7 Å². The minimum Gasteiger partial charge on any atom is -0.358 e. The highest BCUT2D eigenvalue weighted by Crippen LogP contribution is 2.31. The summed E-state index contributed by atoms with van der Waals surface area (Å²) in [5.74, 6) is 0.700. The number of hydrogen-bond donors (Lipinski definition) is 3. The van der Waals surface area contributed by atoms with Gasteiger partial charge in [0.15, 0.2) is 5.82 Å². The fraction of sp³-hybridized carbons (Fsp3) is 0.444. The summed E-state index contributed by atoms with van der Waals surface area (Å²) in [6.07, 6.45) is 3.37. The molecule has 1 aromatic heterocycles. The smallest absolute Gasteiger partial charge is 0.358 e. The Morgan fingerprint density at radius 3 is 2.89 bits per heavy atom. The average molecular weight is 394 g/mol. The van der Waals surface area contributed by atoms with Gasteiger partial charge in [0.25, 0.3) is 0 Å². The van der Waals surface area contributed by atoms with Crippen molar-refractivity contribution in [2.45, 2.75) is 32.5 Å². The van der Waals surface area contributed by atoms with Crippen LogP contribution in [-0.2, 0) is 4.79 Å². The zero-order chi connectivity index (χ0) is 20.3. The third-order valence-corrected chi connectivity index (χ3v) is 4.40. The van der Waals surface area contributed by atoms with Crippen LogP contribution in [0.2, 0.25) is 0 Å². The number of amidine groups is 1. The predicted molar refractivity (Wildman–Crippen MR) is 99.1 cm³/mol. The Kier molecular flexibility index (Phi) is 5.66. The molecule has 0 bridgehead atoms. The number of alkyl halides is 3. The number of fused-ring (bicyclic) bond motifs is 1. The molecule has 28 heavy (non-hydrogen) atoms. The summed E-state index contributed by atoms with van der Waals surface area (Å²) in [6.45, 7) is 2.11. The molecule has 150 valence electrons. The van der Waals surface area contributed by atoms with E-state index in [4.69, 9.17) is 0 Å². The molecular weight excluding hydrogens is 373 g/mol. The fourth-order valence-electron chi connectivity index (χ4n) is 2.97. The maximum Gasteiger partial charge on any atom is 0.405 e. The first-order valence-corrected chi connectivity index (χ1v) is 8.88. The number of hydrogen-bond acceptors (Lipinski definition) is 6. The largest absolute Gasteiger partial charge is 0.405 e. The van der Waals surface area contributed by atoms with Crippen molar-refractivity contribution < 1.29 is 18.0 Å². The van der Waals surface area contributed by atoms with Crippen molar-refractivity contribution in [2.75, 3.05) is 11.9 Å². The lowest BCUT2D eigenvalue weighted by atomic mass is 9.94. The molecule has 1 amide bonds. The minimum atomic E-state index is -4.46. The lowest BCUT2D eigenvalue weighted by Crippen LogP contribution is -2.46. The lowest BCUT2D eigenvalue weighted by Gasteiger charge is -2.23. The number of nitrogens with zero attached hydrogens (tertiary/aromatic N) is 3. The Bertz CT molecular complexity index is 831. The molecule has 0 saturated heterocycles. The molecular formula is C18H21F3N6O. The Hall–Kier alpha value is -2.91. The van der Waals surface area contributed by atoms with Gasteiger partial charge >= 0.3 is 6.18 Å². The van der Waals surface area contributed by atoms with E-state index >= 15 is 0 Å². The second-order valence-corrected chi connectivity index (χ2v) is 6.90. The molecule has 0 spiro atoms. The molecule has 2 aliphatic heterocycles. The molecule has 7 nitrogen and oxygen atoms in total. The van der Waals surface area contributed by atoms with Crippen LogP contribution in [0.5, 0.6) is 0 Å². The van der Waals surface area contributed by atoms with E-state index in [2.05, 4.69) is 25.6 Å². The molecule has 3 heterocycles. The van der Waals surface area contributed by atoms with E-state index < -0.39 is 24.7 Å². The summed E-state index contributed by atoms with van der Waals surface area (Å²) in [7, 11) is 0. The highest BCUT2D eigenvalue weighted by atomic mass is 19.4. The van der Waals surface area contributed by atoms with E-state index in [0.29, 0.717) is 11.6 Å². The van der Waals surface area contributed by atoms with Crippen LogP contribution >= 0.6 is 0 Å². The highest BCUT2D eigenvalue weighted by molar-refractivity contribution is 6.00. The third-order valence-electron chi connectivity index (χ3n) is 4.40. The van der Waals surface area contributed by atoms with Crippen LogP contribution < -0.4 is 16.0 Å². The molecule has 2 aliphatic rings. The van der Waals surface area contributed by atoms with Crippen molar-refractivity contribution in [2.24, 2.45) is 16.8 Å². The summed E-state index contributed by atoms with van der Waals surface area (Å²) in [5.41, 5.74) is 0.845. The third kappa shape index (κ3) is 4.68. The molecule has 0 aromatic carbocycles. The molecule has 1 unspecified atom stereocenters. The van der Waals surface area contributed by atoms with Crippen molar-refractivity contribution in [1.29, 1.82) is 0 Å². The van der Waals surface area contributed by atoms with Crippen LogP contribution in [-0.4, -0.2) is 40.5 Å². The van der Waals surface area contributed by atoms with Crippen molar-refractivity contribution in [1.82, 2.24) is 20.6 Å². The maximum atomic E-state index is 12.4. The van der Waals surface area contributed by atoms with Crippen LogP contribution in [0, 0.1) is 11.8 Å². The van der Waals surface area contributed by atoms with Gasteiger partial charge in [-0.1, -0.05) is 19.9 Å². The Labute approximate surface area is 160 Å². The van der Waals surface area contributed by atoms with Crippen molar-refractivity contribution in [3.63, 3.8) is 0 Å². The number of rotatable bonds is 6. The van der Waals surface area contributed by atoms with Crippen LogP contribution in [0.3, 0.4) is 0 Å². The first-order chi connectivity index (χ1) is 13.2. The summed E-state index contributed by atoms with van der Waals surface area (Å²) in [5, 5.41) is 7.93. The van der Waals surface area contributed by atoms with E-state index in [0.717, 1.165) is 17.8 Å². The second-order valence-electron chi connectivity index (χ2n) is 6.90. The molecule has 0 aliphatic carbocycles. The number of aliphatic imine (C=N–C) groups is 1. The van der Waals surface area contributed by atoms with Gasteiger partial charge in [-0.3, -0.25) is 4.79 Å². The molecule has 0 saturated carbocycles. The zero-order valence-corrected chi connectivity index (χ0v) is 15.4. The average Bonchev–Trinajstić information content (AvgIpc) is 3.08. The number of carbonyl (C=O) groups is 1. The molecule has 0 fully saturated rings. The van der Waals surface area contributed by atoms with Gasteiger partial charge in [-0.25, -0.2) is 15.0 Å². The fourth-order valence-corrected chi connectivity index (χ4v) is 2.97. The molecule has 0 radical (unpaired) electrons. The monoisotopic (exact) mass is 394 g/mol. The molecule has 3 rings (SSSR count). The lowest BCUT2D eigenvalue weighted by molar-refractivity contribution is -0.139. The quantitative estimate of drug-likeness (QED) is 0.690. The Morgan fingerprint density at radius 2 is 2.18 bits per heavy atom. The van der Waals surface area contributed by atoms with Crippen molar-refractivity contribution >= 4 is 23.1 Å². The zero-order valence-electron chi connectivity index (χ0n) is 15.4.